The Morgan fingerprint density at radius 3 is 2.71 bits per heavy atom. The van der Waals surface area contributed by atoms with Gasteiger partial charge in [-0.3, -0.25) is 4.57 Å². The normalized spacial score (nSPS) is 12.3. The van der Waals surface area contributed by atoms with E-state index in [9.17, 15) is 0 Å². The molecule has 0 aliphatic heterocycles. The van der Waals surface area contributed by atoms with E-state index in [1.54, 1.807) is 23.7 Å². The molecule has 3 heterocycles. The Morgan fingerprint density at radius 1 is 1.19 bits per heavy atom. The molecule has 21 heavy (non-hydrogen) atoms. The summed E-state index contributed by atoms with van der Waals surface area (Å²) in [5.41, 5.74) is 2.34. The lowest BCUT2D eigenvalue weighted by atomic mass is 10.2. The Bertz CT molecular complexity index is 744. The van der Waals surface area contributed by atoms with E-state index in [0.717, 1.165) is 17.3 Å². The number of hydrogen-bond donors (Lipinski definition) is 1. The molecule has 0 aliphatic rings. The van der Waals surface area contributed by atoms with Crippen LogP contribution in [0.15, 0.2) is 42.2 Å². The van der Waals surface area contributed by atoms with Crippen LogP contribution in [0.1, 0.15) is 29.2 Å². The summed E-state index contributed by atoms with van der Waals surface area (Å²) in [4.78, 5) is 10.1. The fourth-order valence-corrected chi connectivity index (χ4v) is 3.37. The molecule has 0 fully saturated rings. The summed E-state index contributed by atoms with van der Waals surface area (Å²) in [5.74, 6) is 1.81. The van der Waals surface area contributed by atoms with Gasteiger partial charge < -0.3 is 5.32 Å². The molecule has 1 N–H and O–H groups in total. The first kappa shape index (κ1) is 13.8. The molecule has 0 spiro atoms. The molecule has 1 unspecified atom stereocenters. The van der Waals surface area contributed by atoms with Crippen molar-refractivity contribution in [3.05, 3.63) is 58.4 Å². The summed E-state index contributed by atoms with van der Waals surface area (Å²) >= 11 is 1.78. The van der Waals surface area contributed by atoms with Gasteiger partial charge in [0.15, 0.2) is 5.82 Å². The molecule has 3 rings (SSSR count). The maximum atomic E-state index is 4.50. The maximum absolute atomic E-state index is 4.50. The van der Waals surface area contributed by atoms with E-state index in [1.807, 2.05) is 23.8 Å². The minimum Gasteiger partial charge on any atom is -0.375 e. The molecule has 108 valence electrons. The molecule has 4 nitrogen and oxygen atoms in total. The van der Waals surface area contributed by atoms with Crippen LogP contribution in [0.4, 0.5) is 5.69 Å². The molecule has 0 saturated heterocycles. The van der Waals surface area contributed by atoms with E-state index >= 15 is 0 Å². The van der Waals surface area contributed by atoms with Crippen LogP contribution >= 0.6 is 11.3 Å². The van der Waals surface area contributed by atoms with Crippen molar-refractivity contribution in [3.8, 4) is 5.82 Å². The van der Waals surface area contributed by atoms with Crippen molar-refractivity contribution in [1.29, 1.82) is 0 Å². The summed E-state index contributed by atoms with van der Waals surface area (Å²) in [6, 6.07) is 6.41. The number of thiophene rings is 1. The van der Waals surface area contributed by atoms with Crippen molar-refractivity contribution < 1.29 is 0 Å². The molecule has 3 aromatic heterocycles. The van der Waals surface area contributed by atoms with Crippen LogP contribution < -0.4 is 5.32 Å². The first-order chi connectivity index (χ1) is 10.2. The van der Waals surface area contributed by atoms with Crippen molar-refractivity contribution in [2.45, 2.75) is 26.8 Å². The summed E-state index contributed by atoms with van der Waals surface area (Å²) in [6.45, 7) is 6.30. The third kappa shape index (κ3) is 2.69. The van der Waals surface area contributed by atoms with Crippen LogP contribution in [0.5, 0.6) is 0 Å². The molecular formula is C16H18N4S. The molecule has 0 aliphatic carbocycles. The van der Waals surface area contributed by atoms with Crippen LogP contribution in [0.2, 0.25) is 0 Å². The van der Waals surface area contributed by atoms with Gasteiger partial charge in [-0.2, -0.15) is 0 Å². The van der Waals surface area contributed by atoms with E-state index < -0.39 is 0 Å². The number of imidazole rings is 1. The smallest absolute Gasteiger partial charge is 0.161 e. The third-order valence-electron chi connectivity index (χ3n) is 3.51. The van der Waals surface area contributed by atoms with Gasteiger partial charge in [0.05, 0.1) is 11.7 Å². The largest absolute Gasteiger partial charge is 0.375 e. The van der Waals surface area contributed by atoms with E-state index in [2.05, 4.69) is 46.6 Å². The lowest BCUT2D eigenvalue weighted by molar-refractivity contribution is 0.877. The molecule has 5 heteroatoms. The number of hydrogen-bond acceptors (Lipinski definition) is 4. The number of nitrogens with zero attached hydrogens (tertiary/aromatic N) is 3. The fourth-order valence-electron chi connectivity index (χ4n) is 2.43. The van der Waals surface area contributed by atoms with Crippen molar-refractivity contribution >= 4 is 17.0 Å². The van der Waals surface area contributed by atoms with Gasteiger partial charge in [0.25, 0.3) is 0 Å². The van der Waals surface area contributed by atoms with Crippen LogP contribution in [0.25, 0.3) is 5.82 Å². The lowest BCUT2D eigenvalue weighted by Crippen LogP contribution is -2.10. The summed E-state index contributed by atoms with van der Waals surface area (Å²) in [5, 5.41) is 5.70. The predicted molar refractivity (Wildman–Crippen MR) is 87.2 cm³/mol. The second-order valence-electron chi connectivity index (χ2n) is 5.05. The molecule has 0 bridgehead atoms. The zero-order valence-electron chi connectivity index (χ0n) is 12.4. The minimum atomic E-state index is 0.247. The van der Waals surface area contributed by atoms with Gasteiger partial charge in [0.1, 0.15) is 5.82 Å². The zero-order valence-corrected chi connectivity index (χ0v) is 13.2. The Labute approximate surface area is 128 Å². The average molecular weight is 298 g/mol. The van der Waals surface area contributed by atoms with Gasteiger partial charge in [0, 0.05) is 23.5 Å². The molecule has 0 saturated carbocycles. The SMILES string of the molecule is Cc1ccsc1C(C)Nc1cccnc1-n1ccnc1C. The van der Waals surface area contributed by atoms with Gasteiger partial charge in [-0.25, -0.2) is 9.97 Å². The Kier molecular flexibility index (Phi) is 3.75. The molecule has 0 aromatic carbocycles. The minimum absolute atomic E-state index is 0.247. The van der Waals surface area contributed by atoms with Crippen molar-refractivity contribution in [2.75, 3.05) is 5.32 Å². The number of rotatable bonds is 4. The van der Waals surface area contributed by atoms with E-state index in [1.165, 1.54) is 10.4 Å². The van der Waals surface area contributed by atoms with Crippen LogP contribution in [0.3, 0.4) is 0 Å². The number of anilines is 1. The Morgan fingerprint density at radius 2 is 2.05 bits per heavy atom. The number of aromatic nitrogens is 3. The van der Waals surface area contributed by atoms with Crippen molar-refractivity contribution in [3.63, 3.8) is 0 Å². The predicted octanol–water partition coefficient (Wildman–Crippen LogP) is 4.12. The van der Waals surface area contributed by atoms with Crippen LogP contribution in [-0.4, -0.2) is 14.5 Å². The number of nitrogens with one attached hydrogen (secondary N) is 1. The standard InChI is InChI=1S/C16H18N4S/c1-11-6-10-21-15(11)12(2)19-14-5-4-7-18-16(14)20-9-8-17-13(20)3/h4-10,12,19H,1-3H3. The highest BCUT2D eigenvalue weighted by atomic mass is 32.1. The Hall–Kier alpha value is -2.14. The van der Waals surface area contributed by atoms with Gasteiger partial charge in [-0.15, -0.1) is 11.3 Å². The highest BCUT2D eigenvalue weighted by Gasteiger charge is 2.13. The van der Waals surface area contributed by atoms with Gasteiger partial charge >= 0.3 is 0 Å². The Balaban J connectivity index is 1.93. The first-order valence-electron chi connectivity index (χ1n) is 6.92. The van der Waals surface area contributed by atoms with Crippen LogP contribution in [-0.2, 0) is 0 Å². The fraction of sp³-hybridized carbons (Fsp3) is 0.250. The monoisotopic (exact) mass is 298 g/mol. The molecule has 0 amide bonds. The third-order valence-corrected chi connectivity index (χ3v) is 4.71. The zero-order chi connectivity index (χ0) is 14.8. The van der Waals surface area contributed by atoms with Crippen molar-refractivity contribution in [1.82, 2.24) is 14.5 Å². The topological polar surface area (TPSA) is 42.7 Å². The molecule has 1 atom stereocenters. The second kappa shape index (κ2) is 5.69. The first-order valence-corrected chi connectivity index (χ1v) is 7.80. The lowest BCUT2D eigenvalue weighted by Gasteiger charge is -2.18. The molecular weight excluding hydrogens is 280 g/mol. The molecule has 0 radical (unpaired) electrons. The summed E-state index contributed by atoms with van der Waals surface area (Å²) in [6.07, 6.45) is 5.53. The van der Waals surface area contributed by atoms with E-state index in [-0.39, 0.29) is 6.04 Å². The highest BCUT2D eigenvalue weighted by Crippen LogP contribution is 2.28. The van der Waals surface area contributed by atoms with Crippen molar-refractivity contribution in [2.24, 2.45) is 0 Å². The number of aryl methyl sites for hydroxylation is 2. The maximum Gasteiger partial charge on any atom is 0.161 e. The van der Waals surface area contributed by atoms with Gasteiger partial charge in [-0.05, 0) is 49.9 Å². The summed E-state index contributed by atoms with van der Waals surface area (Å²) in [7, 11) is 0. The second-order valence-corrected chi connectivity index (χ2v) is 6.00. The quantitative estimate of drug-likeness (QED) is 0.788. The number of pyridine rings is 1. The van der Waals surface area contributed by atoms with Crippen LogP contribution in [0, 0.1) is 13.8 Å². The van der Waals surface area contributed by atoms with E-state index in [4.69, 9.17) is 0 Å². The summed E-state index contributed by atoms with van der Waals surface area (Å²) < 4.78 is 2.00. The van der Waals surface area contributed by atoms with E-state index in [0.29, 0.717) is 0 Å². The molecule has 3 aromatic rings. The average Bonchev–Trinajstić information content (AvgIpc) is 3.08. The highest BCUT2D eigenvalue weighted by molar-refractivity contribution is 7.10. The van der Waals surface area contributed by atoms with Gasteiger partial charge in [0.2, 0.25) is 0 Å². The van der Waals surface area contributed by atoms with Gasteiger partial charge in [-0.1, -0.05) is 0 Å².